The molecule has 146 valence electrons. The van der Waals surface area contributed by atoms with E-state index in [1.165, 1.54) is 29.9 Å². The first-order chi connectivity index (χ1) is 13.2. The number of methoxy groups -OCH3 is 1. The van der Waals surface area contributed by atoms with Gasteiger partial charge in [-0.1, -0.05) is 12.1 Å². The molecule has 1 heterocycles. The number of hydrogen-bond donors (Lipinski definition) is 1. The van der Waals surface area contributed by atoms with Gasteiger partial charge in [0, 0.05) is 25.1 Å². The second-order valence-electron chi connectivity index (χ2n) is 6.31. The quantitative estimate of drug-likeness (QED) is 0.642. The molecule has 2 aromatic carbocycles. The van der Waals surface area contributed by atoms with Crippen LogP contribution in [-0.2, 0) is 23.5 Å². The third-order valence-electron chi connectivity index (χ3n) is 4.51. The normalized spacial score (nSPS) is 11.4. The Morgan fingerprint density at radius 2 is 1.71 bits per heavy atom. The van der Waals surface area contributed by atoms with Gasteiger partial charge in [0.1, 0.15) is 11.6 Å². The van der Waals surface area contributed by atoms with Crippen LogP contribution in [0.4, 0.5) is 4.39 Å². The van der Waals surface area contributed by atoms with Crippen molar-refractivity contribution in [3.05, 3.63) is 82.9 Å². The van der Waals surface area contributed by atoms with Crippen molar-refractivity contribution < 1.29 is 22.3 Å². The second kappa shape index (κ2) is 7.57. The van der Waals surface area contributed by atoms with Crippen molar-refractivity contribution >= 4 is 15.8 Å². The Morgan fingerprint density at radius 3 is 2.25 bits per heavy atom. The van der Waals surface area contributed by atoms with E-state index in [2.05, 4.69) is 0 Å². The number of ether oxygens (including phenoxy) is 1. The summed E-state index contributed by atoms with van der Waals surface area (Å²) in [5.41, 5.74) is 1.65. The first-order valence-electron chi connectivity index (χ1n) is 8.35. The Hall–Kier alpha value is -2.97. The summed E-state index contributed by atoms with van der Waals surface area (Å²) >= 11 is 0. The van der Waals surface area contributed by atoms with Crippen molar-refractivity contribution in [2.24, 2.45) is 12.2 Å². The number of nitrogens with two attached hydrogens (primary N) is 1. The number of carbonyl (C=O) groups is 1. The van der Waals surface area contributed by atoms with E-state index in [0.29, 0.717) is 22.6 Å². The van der Waals surface area contributed by atoms with Crippen LogP contribution in [0.2, 0.25) is 0 Å². The smallest absolute Gasteiger partial charge is 0.238 e. The van der Waals surface area contributed by atoms with Crippen molar-refractivity contribution in [1.82, 2.24) is 4.57 Å². The van der Waals surface area contributed by atoms with Crippen molar-refractivity contribution in [1.29, 1.82) is 0 Å². The van der Waals surface area contributed by atoms with E-state index in [0.717, 1.165) is 0 Å². The number of rotatable bonds is 6. The van der Waals surface area contributed by atoms with Crippen molar-refractivity contribution in [3.8, 4) is 5.75 Å². The molecule has 28 heavy (non-hydrogen) atoms. The molecule has 0 amide bonds. The maximum Gasteiger partial charge on any atom is 0.238 e. The highest BCUT2D eigenvalue weighted by molar-refractivity contribution is 7.89. The molecule has 0 fully saturated rings. The molecule has 0 aliphatic carbocycles. The summed E-state index contributed by atoms with van der Waals surface area (Å²) in [5, 5.41) is 5.08. The first kappa shape index (κ1) is 19.8. The lowest BCUT2D eigenvalue weighted by molar-refractivity contribution is 0.103. The number of nitrogens with zero attached hydrogens (tertiary/aromatic N) is 1. The van der Waals surface area contributed by atoms with E-state index in [9.17, 15) is 17.6 Å². The van der Waals surface area contributed by atoms with Gasteiger partial charge in [-0.2, -0.15) is 0 Å². The number of aromatic nitrogens is 1. The molecule has 0 aliphatic rings. The Balaban J connectivity index is 1.88. The average molecular weight is 402 g/mol. The molecule has 3 aromatic rings. The molecule has 0 aliphatic heterocycles. The summed E-state index contributed by atoms with van der Waals surface area (Å²) < 4.78 is 43.8. The van der Waals surface area contributed by atoms with Crippen molar-refractivity contribution in [2.75, 3.05) is 7.11 Å². The maximum absolute atomic E-state index is 14.5. The zero-order chi connectivity index (χ0) is 20.5. The third-order valence-corrected chi connectivity index (χ3v) is 5.44. The molecule has 0 unspecified atom stereocenters. The number of benzene rings is 2. The van der Waals surface area contributed by atoms with Crippen LogP contribution in [0.25, 0.3) is 0 Å². The maximum atomic E-state index is 14.5. The van der Waals surface area contributed by atoms with Gasteiger partial charge in [0.2, 0.25) is 15.8 Å². The van der Waals surface area contributed by atoms with E-state index in [4.69, 9.17) is 9.88 Å². The zero-order valence-corrected chi connectivity index (χ0v) is 16.2. The molecule has 8 heteroatoms. The summed E-state index contributed by atoms with van der Waals surface area (Å²) in [6, 6.07) is 13.7. The van der Waals surface area contributed by atoms with Crippen LogP contribution in [0, 0.1) is 5.82 Å². The highest BCUT2D eigenvalue weighted by atomic mass is 32.2. The van der Waals surface area contributed by atoms with Gasteiger partial charge < -0.3 is 9.30 Å². The average Bonchev–Trinajstić information content (AvgIpc) is 2.95. The monoisotopic (exact) mass is 402 g/mol. The molecular weight excluding hydrogens is 383 g/mol. The summed E-state index contributed by atoms with van der Waals surface area (Å²) in [6.45, 7) is 0. The van der Waals surface area contributed by atoms with E-state index in [-0.39, 0.29) is 22.8 Å². The van der Waals surface area contributed by atoms with Crippen molar-refractivity contribution in [3.63, 3.8) is 0 Å². The molecular formula is C20H19FN2O4S. The second-order valence-corrected chi connectivity index (χ2v) is 7.87. The van der Waals surface area contributed by atoms with Gasteiger partial charge in [-0.25, -0.2) is 17.9 Å². The molecule has 2 N–H and O–H groups in total. The molecule has 0 saturated carbocycles. The highest BCUT2D eigenvalue weighted by Crippen LogP contribution is 2.22. The van der Waals surface area contributed by atoms with Gasteiger partial charge in [-0.15, -0.1) is 0 Å². The molecule has 0 saturated heterocycles. The van der Waals surface area contributed by atoms with E-state index < -0.39 is 15.8 Å². The fraction of sp³-hybridized carbons (Fsp3) is 0.150. The van der Waals surface area contributed by atoms with Crippen LogP contribution in [0.3, 0.4) is 0 Å². The zero-order valence-electron chi connectivity index (χ0n) is 15.3. The van der Waals surface area contributed by atoms with Gasteiger partial charge in [-0.05, 0) is 42.0 Å². The fourth-order valence-corrected chi connectivity index (χ4v) is 3.42. The van der Waals surface area contributed by atoms with Gasteiger partial charge in [0.05, 0.1) is 23.4 Å². The number of halogens is 1. The lowest BCUT2D eigenvalue weighted by Crippen LogP contribution is -2.12. The minimum atomic E-state index is -3.78. The van der Waals surface area contributed by atoms with Crippen LogP contribution in [0.15, 0.2) is 59.5 Å². The minimum Gasteiger partial charge on any atom is -0.497 e. The molecule has 3 rings (SSSR count). The lowest BCUT2D eigenvalue weighted by atomic mass is 10.1. The van der Waals surface area contributed by atoms with Gasteiger partial charge in [-0.3, -0.25) is 4.79 Å². The molecule has 0 radical (unpaired) electrons. The Bertz CT molecular complexity index is 1120. The van der Waals surface area contributed by atoms with Crippen LogP contribution in [-0.4, -0.2) is 25.9 Å². The van der Waals surface area contributed by atoms with E-state index >= 15 is 0 Å². The SMILES string of the molecule is COc1ccc(C(=O)c2cc(F)c(Cc3ccc(S(N)(=O)=O)cc3)n2C)cc1. The Kier molecular flexibility index (Phi) is 5.35. The molecule has 1 aromatic heterocycles. The number of carbonyl (C=O) groups excluding carboxylic acids is 1. The van der Waals surface area contributed by atoms with Gasteiger partial charge in [0.25, 0.3) is 0 Å². The predicted octanol–water partition coefficient (Wildman–Crippen LogP) is 2.64. The van der Waals surface area contributed by atoms with Crippen molar-refractivity contribution in [2.45, 2.75) is 11.3 Å². The molecule has 0 spiro atoms. The topological polar surface area (TPSA) is 91.4 Å². The molecule has 0 bridgehead atoms. The largest absolute Gasteiger partial charge is 0.497 e. The highest BCUT2D eigenvalue weighted by Gasteiger charge is 2.20. The number of hydrogen-bond acceptors (Lipinski definition) is 4. The number of primary sulfonamides is 1. The molecule has 6 nitrogen and oxygen atoms in total. The lowest BCUT2D eigenvalue weighted by Gasteiger charge is -2.08. The van der Waals surface area contributed by atoms with Crippen LogP contribution in [0.1, 0.15) is 27.3 Å². The summed E-state index contributed by atoms with van der Waals surface area (Å²) in [7, 11) is -0.633. The van der Waals surface area contributed by atoms with E-state index in [1.807, 2.05) is 0 Å². The summed E-state index contributed by atoms with van der Waals surface area (Å²) in [6.07, 6.45) is 0.198. The van der Waals surface area contributed by atoms with Crippen LogP contribution < -0.4 is 9.88 Å². The molecule has 0 atom stereocenters. The fourth-order valence-electron chi connectivity index (χ4n) is 2.91. The summed E-state index contributed by atoms with van der Waals surface area (Å²) in [4.78, 5) is 12.7. The van der Waals surface area contributed by atoms with E-state index in [1.54, 1.807) is 43.4 Å². The Labute approximate surface area is 162 Å². The van der Waals surface area contributed by atoms with Gasteiger partial charge >= 0.3 is 0 Å². The Morgan fingerprint density at radius 1 is 1.11 bits per heavy atom. The number of sulfonamides is 1. The van der Waals surface area contributed by atoms with Crippen LogP contribution in [0.5, 0.6) is 5.75 Å². The number of ketones is 1. The predicted molar refractivity (Wildman–Crippen MR) is 102 cm³/mol. The van der Waals surface area contributed by atoms with Gasteiger partial charge in [0.15, 0.2) is 0 Å². The summed E-state index contributed by atoms with van der Waals surface area (Å²) in [5.74, 6) is -0.187. The first-order valence-corrected chi connectivity index (χ1v) is 9.90. The minimum absolute atomic E-state index is 0.0148. The standard InChI is InChI=1S/C20H19FN2O4S/c1-23-18(11-13-3-9-16(10-4-13)28(22,25)26)17(21)12-19(23)20(24)14-5-7-15(27-2)8-6-14/h3-10,12H,11H2,1-2H3,(H2,22,25,26). The third kappa shape index (κ3) is 3.97. The van der Waals surface area contributed by atoms with Crippen LogP contribution >= 0.6 is 0 Å².